The number of hydrogen-bond acceptors (Lipinski definition) is 23. The first-order valence-corrected chi connectivity index (χ1v) is 28.4. The van der Waals surface area contributed by atoms with Crippen LogP contribution in [0.15, 0.2) is 207 Å². The number of hydrogen-bond donors (Lipinski definition) is 8. The summed E-state index contributed by atoms with van der Waals surface area (Å²) in [5.41, 5.74) is 0.870. The third-order valence-electron chi connectivity index (χ3n) is 12.6. The van der Waals surface area contributed by atoms with Crippen LogP contribution in [0.4, 0.5) is 34.1 Å². The Morgan fingerprint density at radius 2 is 0.925 bits per heavy atom. The first-order chi connectivity index (χ1) is 43.8. The predicted octanol–water partition coefficient (Wildman–Crippen LogP) is 10.8. The van der Waals surface area contributed by atoms with E-state index >= 15 is 0 Å². The third-order valence-corrected chi connectivity index (χ3v) is 13.7. The SMILES string of the molecule is C=CC(=O)OCCCCCCc1ccc(C(=O)Oc2ccc(N=Nc3ccc(C)c(S([O-])(O)O)c3)cc2C(O)O)cc1.C=CC(=O)Oc1ccc(N=Nc2ccc(-c3ccc(N=Nc4ccc(OC(=O)C=C)c(C(=O)O)c4)c(C(=O)O)c3)cc2C(=O)O)cc1C(=O)O.[Na+]. The van der Waals surface area contributed by atoms with Gasteiger partial charge in [0.15, 0.2) is 6.29 Å². The van der Waals surface area contributed by atoms with Crippen molar-refractivity contribution >= 4 is 92.7 Å². The molecule has 0 atom stereocenters. The molecule has 0 aromatic heterocycles. The molecule has 8 N–H and O–H groups in total. The number of carbonyl (C=O) groups excluding carboxylic acids is 4. The van der Waals surface area contributed by atoms with Crippen LogP contribution in [0.3, 0.4) is 0 Å². The van der Waals surface area contributed by atoms with Crippen molar-refractivity contribution in [2.24, 2.45) is 30.7 Å². The van der Waals surface area contributed by atoms with Crippen molar-refractivity contribution in [1.82, 2.24) is 0 Å². The second-order valence-electron chi connectivity index (χ2n) is 19.1. The largest absolute Gasteiger partial charge is 1.00 e. The molecule has 0 saturated heterocycles. The first-order valence-electron chi connectivity index (χ1n) is 26.9. The Morgan fingerprint density at radius 3 is 1.38 bits per heavy atom. The molecule has 0 saturated carbocycles. The zero-order valence-electron chi connectivity index (χ0n) is 49.4. The molecule has 0 aliphatic carbocycles. The maximum Gasteiger partial charge on any atom is 1.00 e. The average Bonchev–Trinajstić information content (AvgIpc) is 0.880. The fraction of sp³-hybridized carbons (Fsp3) is 0.125. The Labute approximate surface area is 552 Å². The second kappa shape index (κ2) is 34.6. The Bertz CT molecular complexity index is 3960. The molecule has 0 aliphatic rings. The summed E-state index contributed by atoms with van der Waals surface area (Å²) in [6.45, 7) is 11.8. The predicted molar refractivity (Wildman–Crippen MR) is 328 cm³/mol. The maximum absolute atomic E-state index is 12.7. The van der Waals surface area contributed by atoms with E-state index in [0.29, 0.717) is 12.2 Å². The van der Waals surface area contributed by atoms with Crippen LogP contribution in [0.25, 0.3) is 11.1 Å². The molecule has 0 spiro atoms. The standard InChI is InChI=1S/C34H22N4O12.C30H34N2O9S.Na/c1-3-29(39)49-27-11-7-19(15-23(27)33(45)46)35-37-25-9-5-17(13-21(25)31(41)42)18-6-10-26(22(14-18)32(43)44)38-36-20-8-12-28(50-30(40)4-2)24(16-20)34(47)48;1-3-28(33)40-17-7-5-4-6-8-21-10-12-22(13-11-21)30(36)41-26-16-15-23(18-25(26)29(34)35)31-32-24-14-9-20(2)27(19-24)42(37,38)39;/h3-16H,1-2H2,(H,41,42)(H,43,44)(H,45,46)(H,47,48);3,9-16,18-19,29,34-35,37-39H,1,4-8,17H2,2H3;/q;;+1/p-1. The molecule has 0 aliphatic heterocycles. The molecule has 0 bridgehead atoms. The Kier molecular flexibility index (Phi) is 27.2. The number of rotatable bonds is 27. The van der Waals surface area contributed by atoms with Gasteiger partial charge in [-0.3, -0.25) is 0 Å². The zero-order valence-corrected chi connectivity index (χ0v) is 52.2. The quantitative estimate of drug-likeness (QED) is 0.00451. The number of azo groups is 3. The molecule has 0 radical (unpaired) electrons. The maximum atomic E-state index is 12.7. The molecule has 0 unspecified atom stereocenters. The van der Waals surface area contributed by atoms with Crippen LogP contribution in [0.5, 0.6) is 17.2 Å². The summed E-state index contributed by atoms with van der Waals surface area (Å²) >= 11 is 0. The van der Waals surface area contributed by atoms with E-state index in [2.05, 4.69) is 50.4 Å². The number of carboxylic acid groups (broad SMARTS) is 4. The summed E-state index contributed by atoms with van der Waals surface area (Å²) < 4.78 is 50.7. The molecular weight excluding hydrogens is 1240 g/mol. The molecule has 27 nitrogen and oxygen atoms in total. The molecule has 0 heterocycles. The van der Waals surface area contributed by atoms with Gasteiger partial charge in [-0.05, 0) is 152 Å². The van der Waals surface area contributed by atoms with Crippen molar-refractivity contribution < 1.29 is 131 Å². The summed E-state index contributed by atoms with van der Waals surface area (Å²) in [6.07, 6.45) is 5.32. The van der Waals surface area contributed by atoms with E-state index in [0.717, 1.165) is 68.0 Å². The molecule has 7 rings (SSSR count). The van der Waals surface area contributed by atoms with Crippen molar-refractivity contribution in [1.29, 1.82) is 0 Å². The summed E-state index contributed by atoms with van der Waals surface area (Å²) in [5.74, 6) is -9.10. The van der Waals surface area contributed by atoms with Gasteiger partial charge in [-0.1, -0.05) is 73.8 Å². The molecule has 7 aromatic rings. The Balaban J connectivity index is 0.000000339. The number of unbranched alkanes of at least 4 members (excludes halogenated alkanes) is 3. The Hall–Kier alpha value is -10.5. The molecule has 29 heteroatoms. The van der Waals surface area contributed by atoms with Crippen LogP contribution in [0.2, 0.25) is 0 Å². The number of nitrogens with zero attached hydrogens (tertiary/aromatic N) is 6. The van der Waals surface area contributed by atoms with Gasteiger partial charge in [0.05, 0.1) is 51.6 Å². The fourth-order valence-electron chi connectivity index (χ4n) is 8.07. The van der Waals surface area contributed by atoms with Crippen molar-refractivity contribution in [3.8, 4) is 28.4 Å². The van der Waals surface area contributed by atoms with Crippen molar-refractivity contribution in [2.45, 2.75) is 50.2 Å². The van der Waals surface area contributed by atoms with Crippen LogP contribution < -0.4 is 43.8 Å². The van der Waals surface area contributed by atoms with Crippen LogP contribution in [-0.4, -0.2) is 98.7 Å². The van der Waals surface area contributed by atoms with Gasteiger partial charge >= 0.3 is 77.3 Å². The molecule has 7 aromatic carbocycles. The number of aromatic carboxylic acids is 4. The van der Waals surface area contributed by atoms with Crippen LogP contribution in [-0.2, 0) is 25.5 Å². The summed E-state index contributed by atoms with van der Waals surface area (Å²) in [5, 5.41) is 82.1. The van der Waals surface area contributed by atoms with Crippen LogP contribution in [0.1, 0.15) is 100 Å². The number of esters is 4. The minimum Gasteiger partial charge on any atom is -0.769 e. The van der Waals surface area contributed by atoms with Gasteiger partial charge in [-0.15, -0.1) is 10.2 Å². The van der Waals surface area contributed by atoms with Gasteiger partial charge in [-0.25, -0.2) is 38.4 Å². The van der Waals surface area contributed by atoms with E-state index in [-0.39, 0.29) is 119 Å². The van der Waals surface area contributed by atoms with E-state index in [1.165, 1.54) is 97.1 Å². The number of carbonyl (C=O) groups is 8. The minimum absolute atomic E-state index is 0. The van der Waals surface area contributed by atoms with Gasteiger partial charge in [0, 0.05) is 23.1 Å². The van der Waals surface area contributed by atoms with E-state index in [4.69, 9.17) is 18.9 Å². The summed E-state index contributed by atoms with van der Waals surface area (Å²) in [4.78, 5) is 94.1. The number of carboxylic acids is 4. The van der Waals surface area contributed by atoms with Crippen molar-refractivity contribution in [3.63, 3.8) is 0 Å². The molecule has 93 heavy (non-hydrogen) atoms. The van der Waals surface area contributed by atoms with Crippen molar-refractivity contribution in [2.75, 3.05) is 6.61 Å². The van der Waals surface area contributed by atoms with Gasteiger partial charge in [-0.2, -0.15) is 20.5 Å². The molecule has 0 fully saturated rings. The van der Waals surface area contributed by atoms with Gasteiger partial charge < -0.3 is 63.2 Å². The number of aliphatic hydroxyl groups excluding tert-OH is 1. The average molecular weight is 1300 g/mol. The smallest absolute Gasteiger partial charge is 0.769 e. The van der Waals surface area contributed by atoms with Gasteiger partial charge in [0.1, 0.15) is 39.8 Å². The van der Waals surface area contributed by atoms with E-state index in [9.17, 15) is 82.7 Å². The molecular formula is C64H55N6NaO21S. The third kappa shape index (κ3) is 21.6. The van der Waals surface area contributed by atoms with Gasteiger partial charge in [0.2, 0.25) is 0 Å². The van der Waals surface area contributed by atoms with E-state index in [1.54, 1.807) is 19.1 Å². The van der Waals surface area contributed by atoms with E-state index < -0.39 is 76.0 Å². The van der Waals surface area contributed by atoms with Gasteiger partial charge in [0.25, 0.3) is 0 Å². The zero-order chi connectivity index (χ0) is 67.2. The van der Waals surface area contributed by atoms with E-state index in [1.807, 2.05) is 12.1 Å². The number of aliphatic hydroxyl groups is 2. The van der Waals surface area contributed by atoms with Crippen LogP contribution >= 0.6 is 10.9 Å². The first kappa shape index (κ1) is 73.2. The second-order valence-corrected chi connectivity index (χ2v) is 20.5. The summed E-state index contributed by atoms with van der Waals surface area (Å²) in [6, 6.07) is 30.3. The van der Waals surface area contributed by atoms with Crippen molar-refractivity contribution in [3.05, 3.63) is 216 Å². The number of ether oxygens (including phenoxy) is 4. The molecule has 0 amide bonds. The number of aryl methyl sites for hydroxylation is 2. The topological polar surface area (TPSA) is 433 Å². The number of benzene rings is 7. The monoisotopic (exact) mass is 1300 g/mol. The fourth-order valence-corrected chi connectivity index (χ4v) is 8.83. The minimum atomic E-state index is -4.19. The normalized spacial score (nSPS) is 11.2. The Morgan fingerprint density at radius 1 is 0.495 bits per heavy atom. The molecule has 474 valence electrons. The summed E-state index contributed by atoms with van der Waals surface area (Å²) in [7, 11) is -4.19. The van der Waals surface area contributed by atoms with Crippen LogP contribution in [0, 0.1) is 6.92 Å².